The first kappa shape index (κ1) is 16.4. The van der Waals surface area contributed by atoms with E-state index in [1.54, 1.807) is 0 Å². The van der Waals surface area contributed by atoms with E-state index in [0.29, 0.717) is 11.7 Å². The molecule has 0 radical (unpaired) electrons. The highest BCUT2D eigenvalue weighted by Crippen LogP contribution is 2.19. The number of hydrogen-bond donors (Lipinski definition) is 1. The van der Waals surface area contributed by atoms with Crippen LogP contribution in [-0.4, -0.2) is 21.8 Å². The van der Waals surface area contributed by atoms with E-state index in [9.17, 15) is 4.21 Å². The molecular weight excluding hydrogens is 254 g/mol. The zero-order valence-electron chi connectivity index (χ0n) is 12.8. The normalized spacial score (nSPS) is 16.3. The second-order valence-corrected chi connectivity index (χ2v) is 7.36. The van der Waals surface area contributed by atoms with Crippen molar-refractivity contribution in [1.82, 2.24) is 5.32 Å². The van der Waals surface area contributed by atoms with Crippen molar-refractivity contribution in [2.24, 2.45) is 5.92 Å². The Hall–Kier alpha value is -0.670. The first-order chi connectivity index (χ1) is 8.95. The maximum atomic E-state index is 12.4. The second-order valence-electron chi connectivity index (χ2n) is 5.52. The van der Waals surface area contributed by atoms with Gasteiger partial charge in [0.25, 0.3) is 0 Å². The van der Waals surface area contributed by atoms with E-state index in [0.717, 1.165) is 6.54 Å². The van der Waals surface area contributed by atoms with E-state index >= 15 is 0 Å². The van der Waals surface area contributed by atoms with E-state index in [4.69, 9.17) is 0 Å². The van der Waals surface area contributed by atoms with Crippen LogP contribution in [0.5, 0.6) is 0 Å². The molecule has 3 atom stereocenters. The average Bonchev–Trinajstić information content (AvgIpc) is 2.37. The number of benzene rings is 1. The molecule has 1 aromatic carbocycles. The summed E-state index contributed by atoms with van der Waals surface area (Å²) in [6, 6.07) is 8.67. The summed E-state index contributed by atoms with van der Waals surface area (Å²) in [6.45, 7) is 11.4. The van der Waals surface area contributed by atoms with Gasteiger partial charge in [-0.1, -0.05) is 57.5 Å². The molecule has 0 saturated heterocycles. The largest absolute Gasteiger partial charge is 0.309 e. The second kappa shape index (κ2) is 7.81. The van der Waals surface area contributed by atoms with Crippen molar-refractivity contribution >= 4 is 10.8 Å². The van der Waals surface area contributed by atoms with Crippen molar-refractivity contribution in [1.29, 1.82) is 0 Å². The summed E-state index contributed by atoms with van der Waals surface area (Å²) in [5, 5.41) is 3.70. The fourth-order valence-corrected chi connectivity index (χ4v) is 3.58. The Morgan fingerprint density at radius 2 is 1.95 bits per heavy atom. The Balaban J connectivity index is 2.81. The van der Waals surface area contributed by atoms with E-state index < -0.39 is 10.8 Å². The Labute approximate surface area is 120 Å². The monoisotopic (exact) mass is 281 g/mol. The summed E-state index contributed by atoms with van der Waals surface area (Å²) in [4.78, 5) is 0. The number of rotatable bonds is 7. The molecule has 0 aromatic heterocycles. The van der Waals surface area contributed by atoms with Gasteiger partial charge >= 0.3 is 0 Å². The van der Waals surface area contributed by atoms with Crippen LogP contribution in [0, 0.1) is 12.8 Å². The van der Waals surface area contributed by atoms with Crippen LogP contribution in [0.1, 0.15) is 44.9 Å². The van der Waals surface area contributed by atoms with Crippen LogP contribution >= 0.6 is 0 Å². The third-order valence-corrected chi connectivity index (χ3v) is 5.62. The van der Waals surface area contributed by atoms with E-state index in [1.165, 1.54) is 11.1 Å². The molecule has 108 valence electrons. The fourth-order valence-electron chi connectivity index (χ4n) is 2.03. The summed E-state index contributed by atoms with van der Waals surface area (Å²) in [7, 11) is -0.796. The topological polar surface area (TPSA) is 29.1 Å². The molecule has 2 nitrogen and oxygen atoms in total. The van der Waals surface area contributed by atoms with Gasteiger partial charge in [0.05, 0.1) is 0 Å². The summed E-state index contributed by atoms with van der Waals surface area (Å²) in [5.41, 5.74) is 2.49. The van der Waals surface area contributed by atoms with Crippen molar-refractivity contribution in [2.75, 3.05) is 12.3 Å². The number of aryl methyl sites for hydroxylation is 1. The van der Waals surface area contributed by atoms with Gasteiger partial charge in [0.1, 0.15) is 0 Å². The smallest absolute Gasteiger partial charge is 0.0436 e. The standard InChI is InChI=1S/C16H27NOS/c1-6-17-16(11-19(18)14(5)12(2)3)15-9-7-8-13(4)10-15/h7-10,12,14,16-17H,6,11H2,1-5H3. The number of nitrogens with one attached hydrogen (secondary N) is 1. The van der Waals surface area contributed by atoms with Gasteiger partial charge in [-0.2, -0.15) is 0 Å². The van der Waals surface area contributed by atoms with Crippen LogP contribution in [0.2, 0.25) is 0 Å². The van der Waals surface area contributed by atoms with Crippen LogP contribution < -0.4 is 5.32 Å². The maximum absolute atomic E-state index is 12.4. The molecule has 0 spiro atoms. The van der Waals surface area contributed by atoms with Gasteiger partial charge in [0.15, 0.2) is 0 Å². The third-order valence-electron chi connectivity index (χ3n) is 3.58. The zero-order valence-corrected chi connectivity index (χ0v) is 13.6. The lowest BCUT2D eigenvalue weighted by Gasteiger charge is -2.22. The summed E-state index contributed by atoms with van der Waals surface area (Å²) < 4.78 is 12.4. The zero-order chi connectivity index (χ0) is 14.4. The van der Waals surface area contributed by atoms with Gasteiger partial charge in [-0.25, -0.2) is 0 Å². The van der Waals surface area contributed by atoms with E-state index in [-0.39, 0.29) is 11.3 Å². The Morgan fingerprint density at radius 3 is 2.47 bits per heavy atom. The molecule has 0 aliphatic rings. The van der Waals surface area contributed by atoms with Gasteiger partial charge in [0.2, 0.25) is 0 Å². The molecule has 3 unspecified atom stereocenters. The Kier molecular flexibility index (Phi) is 6.73. The summed E-state index contributed by atoms with van der Waals surface area (Å²) in [5.74, 6) is 1.15. The lowest BCUT2D eigenvalue weighted by Crippen LogP contribution is -2.30. The molecule has 0 amide bonds. The van der Waals surface area contributed by atoms with Crippen LogP contribution in [0.4, 0.5) is 0 Å². The molecule has 1 aromatic rings. The molecule has 1 rings (SSSR count). The first-order valence-corrected chi connectivity index (χ1v) is 8.51. The van der Waals surface area contributed by atoms with Crippen LogP contribution in [0.15, 0.2) is 24.3 Å². The van der Waals surface area contributed by atoms with Crippen molar-refractivity contribution in [3.63, 3.8) is 0 Å². The summed E-state index contributed by atoms with van der Waals surface area (Å²) in [6.07, 6.45) is 0. The van der Waals surface area contributed by atoms with Gasteiger partial charge in [-0.3, -0.25) is 4.21 Å². The third kappa shape index (κ3) is 5.07. The molecule has 3 heteroatoms. The van der Waals surface area contributed by atoms with Gasteiger partial charge < -0.3 is 5.32 Å². The molecule has 0 fully saturated rings. The molecule has 1 N–H and O–H groups in total. The fraction of sp³-hybridized carbons (Fsp3) is 0.625. The molecule has 0 aliphatic carbocycles. The van der Waals surface area contributed by atoms with Crippen LogP contribution in [0.25, 0.3) is 0 Å². The minimum absolute atomic E-state index is 0.187. The molecule has 0 bridgehead atoms. The van der Waals surface area contributed by atoms with Gasteiger partial charge in [-0.15, -0.1) is 0 Å². The molecule has 0 saturated carbocycles. The van der Waals surface area contributed by atoms with Crippen molar-refractivity contribution in [2.45, 2.75) is 45.9 Å². The quantitative estimate of drug-likeness (QED) is 0.829. The molecule has 0 aliphatic heterocycles. The predicted octanol–water partition coefficient (Wildman–Crippen LogP) is 3.44. The van der Waals surface area contributed by atoms with Crippen molar-refractivity contribution in [3.8, 4) is 0 Å². The van der Waals surface area contributed by atoms with Gasteiger partial charge in [-0.05, 0) is 24.9 Å². The van der Waals surface area contributed by atoms with Crippen molar-refractivity contribution in [3.05, 3.63) is 35.4 Å². The first-order valence-electron chi connectivity index (χ1n) is 7.12. The van der Waals surface area contributed by atoms with Crippen LogP contribution in [-0.2, 0) is 10.8 Å². The van der Waals surface area contributed by atoms with Crippen molar-refractivity contribution < 1.29 is 4.21 Å². The molecular formula is C16H27NOS. The Morgan fingerprint density at radius 1 is 1.26 bits per heavy atom. The molecule has 19 heavy (non-hydrogen) atoms. The predicted molar refractivity (Wildman–Crippen MR) is 84.9 cm³/mol. The van der Waals surface area contributed by atoms with Crippen LogP contribution in [0.3, 0.4) is 0 Å². The average molecular weight is 281 g/mol. The summed E-state index contributed by atoms with van der Waals surface area (Å²) >= 11 is 0. The van der Waals surface area contributed by atoms with E-state index in [2.05, 4.69) is 64.2 Å². The minimum Gasteiger partial charge on any atom is -0.309 e. The minimum atomic E-state index is -0.796. The highest BCUT2D eigenvalue weighted by Gasteiger charge is 2.20. The Bertz CT molecular complexity index is 417. The van der Waals surface area contributed by atoms with Gasteiger partial charge in [0, 0.05) is 27.8 Å². The SMILES string of the molecule is CCNC(CS(=O)C(C)C(C)C)c1cccc(C)c1. The number of hydrogen-bond acceptors (Lipinski definition) is 2. The lowest BCUT2D eigenvalue weighted by molar-refractivity contribution is 0.573. The lowest BCUT2D eigenvalue weighted by atomic mass is 10.1. The van der Waals surface area contributed by atoms with E-state index in [1.807, 2.05) is 0 Å². The maximum Gasteiger partial charge on any atom is 0.0436 e. The highest BCUT2D eigenvalue weighted by molar-refractivity contribution is 7.85. The molecule has 0 heterocycles. The highest BCUT2D eigenvalue weighted by atomic mass is 32.2.